The lowest BCUT2D eigenvalue weighted by Gasteiger charge is -2.11. The second kappa shape index (κ2) is 6.31. The van der Waals surface area contributed by atoms with Gasteiger partial charge in [0.1, 0.15) is 23.0 Å². The molecule has 150 valence electrons. The highest BCUT2D eigenvalue weighted by Crippen LogP contribution is 2.35. The van der Waals surface area contributed by atoms with Crippen molar-refractivity contribution < 1.29 is 13.6 Å². The molecule has 0 unspecified atom stereocenters. The van der Waals surface area contributed by atoms with Gasteiger partial charge in [0.25, 0.3) is 0 Å². The molecule has 0 saturated heterocycles. The molecule has 1 N–H and O–H groups in total. The molecule has 0 aromatic carbocycles. The number of nitrogens with one attached hydrogen (secondary N) is 1. The molecule has 0 atom stereocenters. The molecule has 0 bridgehead atoms. The molecule has 0 spiro atoms. The molecule has 0 fully saturated rings. The molecule has 1 aliphatic rings. The molecule has 0 saturated carbocycles. The van der Waals surface area contributed by atoms with E-state index in [0.29, 0.717) is 16.7 Å². The summed E-state index contributed by atoms with van der Waals surface area (Å²) in [5, 5.41) is 15.7. The van der Waals surface area contributed by atoms with Gasteiger partial charge >= 0.3 is 0 Å². The van der Waals surface area contributed by atoms with Crippen molar-refractivity contribution in [2.45, 2.75) is 25.8 Å². The molecule has 11 heteroatoms. The highest BCUT2D eigenvalue weighted by Gasteiger charge is 2.42. The van der Waals surface area contributed by atoms with Crippen LogP contribution in [0.5, 0.6) is 0 Å². The van der Waals surface area contributed by atoms with Crippen molar-refractivity contribution in [3.05, 3.63) is 53.6 Å². The first-order chi connectivity index (χ1) is 14.3. The van der Waals surface area contributed by atoms with Crippen LogP contribution in [0.1, 0.15) is 25.2 Å². The predicted octanol–water partition coefficient (Wildman–Crippen LogP) is 2.23. The van der Waals surface area contributed by atoms with Gasteiger partial charge in [-0.2, -0.15) is 5.10 Å². The van der Waals surface area contributed by atoms with Gasteiger partial charge in [0.2, 0.25) is 11.7 Å². The molecule has 4 aromatic heterocycles. The normalized spacial score (nSPS) is 14.7. The molecule has 0 radical (unpaired) electrons. The Bertz CT molecular complexity index is 1330. The molecule has 30 heavy (non-hydrogen) atoms. The summed E-state index contributed by atoms with van der Waals surface area (Å²) in [5.41, 5.74) is 0.230. The number of amides is 1. The van der Waals surface area contributed by atoms with E-state index in [9.17, 15) is 13.6 Å². The largest absolute Gasteiger partial charge is 0.308 e. The summed E-state index contributed by atoms with van der Waals surface area (Å²) >= 11 is 0. The summed E-state index contributed by atoms with van der Waals surface area (Å²) in [5.74, 6) is -0.950. The SMILES string of the molecule is CC1(C)C(=O)Nc2nc(-c3nn(Cc4ncccc4F)c4ncc(F)cc34)nnc21. The van der Waals surface area contributed by atoms with Gasteiger partial charge in [0.15, 0.2) is 11.5 Å². The first kappa shape index (κ1) is 18.2. The number of halogens is 2. The topological polar surface area (TPSA) is 111 Å². The van der Waals surface area contributed by atoms with Gasteiger partial charge in [0.05, 0.1) is 29.2 Å². The maximum Gasteiger partial charge on any atom is 0.237 e. The number of anilines is 1. The smallest absolute Gasteiger partial charge is 0.237 e. The Balaban J connectivity index is 1.66. The zero-order valence-corrected chi connectivity index (χ0v) is 15.9. The van der Waals surface area contributed by atoms with Gasteiger partial charge in [-0.15, -0.1) is 10.2 Å². The van der Waals surface area contributed by atoms with E-state index in [4.69, 9.17) is 0 Å². The summed E-state index contributed by atoms with van der Waals surface area (Å²) in [6, 6.07) is 4.02. The van der Waals surface area contributed by atoms with Crippen LogP contribution in [0.3, 0.4) is 0 Å². The van der Waals surface area contributed by atoms with E-state index in [0.717, 1.165) is 6.20 Å². The van der Waals surface area contributed by atoms with E-state index >= 15 is 0 Å². The number of pyridine rings is 2. The van der Waals surface area contributed by atoms with Gasteiger partial charge < -0.3 is 5.32 Å². The summed E-state index contributed by atoms with van der Waals surface area (Å²) in [6.45, 7) is 3.41. The van der Waals surface area contributed by atoms with Crippen molar-refractivity contribution in [1.82, 2.24) is 34.9 Å². The Morgan fingerprint density at radius 1 is 1.20 bits per heavy atom. The second-order valence-electron chi connectivity index (χ2n) is 7.37. The van der Waals surface area contributed by atoms with E-state index < -0.39 is 17.0 Å². The van der Waals surface area contributed by atoms with Crippen molar-refractivity contribution >= 4 is 22.8 Å². The fraction of sp³-hybridized carbons (Fsp3) is 0.211. The highest BCUT2D eigenvalue weighted by molar-refractivity contribution is 6.04. The lowest BCUT2D eigenvalue weighted by molar-refractivity contribution is -0.119. The molecule has 1 amide bonds. The van der Waals surface area contributed by atoms with E-state index in [-0.39, 0.29) is 35.5 Å². The van der Waals surface area contributed by atoms with Crippen molar-refractivity contribution in [3.63, 3.8) is 0 Å². The predicted molar refractivity (Wildman–Crippen MR) is 101 cm³/mol. The Morgan fingerprint density at radius 2 is 2.03 bits per heavy atom. The fourth-order valence-corrected chi connectivity index (χ4v) is 3.29. The maximum absolute atomic E-state index is 14.1. The number of rotatable bonds is 3. The molecular formula is C19H14F2N8O. The molecule has 5 heterocycles. The van der Waals surface area contributed by atoms with Crippen LogP contribution in [0.25, 0.3) is 22.6 Å². The average Bonchev–Trinajstić information content (AvgIpc) is 3.17. The third kappa shape index (κ3) is 2.70. The molecule has 5 rings (SSSR count). The van der Waals surface area contributed by atoms with Crippen LogP contribution < -0.4 is 5.32 Å². The van der Waals surface area contributed by atoms with E-state index in [1.165, 1.54) is 29.1 Å². The van der Waals surface area contributed by atoms with Crippen LogP contribution in [0, 0.1) is 11.6 Å². The number of carbonyl (C=O) groups is 1. The Labute approximate surface area is 168 Å². The van der Waals surface area contributed by atoms with Gasteiger partial charge in [0, 0.05) is 6.20 Å². The van der Waals surface area contributed by atoms with Crippen LogP contribution in [0.4, 0.5) is 14.6 Å². The molecular weight excluding hydrogens is 394 g/mol. The van der Waals surface area contributed by atoms with Crippen LogP contribution in [0.2, 0.25) is 0 Å². The van der Waals surface area contributed by atoms with Gasteiger partial charge in [-0.05, 0) is 32.0 Å². The molecule has 4 aromatic rings. The van der Waals surface area contributed by atoms with Gasteiger partial charge in [-0.3, -0.25) is 9.78 Å². The first-order valence-corrected chi connectivity index (χ1v) is 9.03. The summed E-state index contributed by atoms with van der Waals surface area (Å²) in [6.07, 6.45) is 2.51. The van der Waals surface area contributed by atoms with Crippen molar-refractivity contribution in [2.24, 2.45) is 0 Å². The zero-order chi connectivity index (χ0) is 21.0. The van der Waals surface area contributed by atoms with Gasteiger partial charge in [-0.1, -0.05) is 0 Å². The minimum atomic E-state index is -0.862. The number of aromatic nitrogens is 7. The lowest BCUT2D eigenvalue weighted by atomic mass is 9.91. The molecule has 0 aliphatic carbocycles. The average molecular weight is 408 g/mol. The summed E-state index contributed by atoms with van der Waals surface area (Å²) in [4.78, 5) is 24.6. The second-order valence-corrected chi connectivity index (χ2v) is 7.37. The Morgan fingerprint density at radius 3 is 2.83 bits per heavy atom. The number of nitrogens with zero attached hydrogens (tertiary/aromatic N) is 7. The van der Waals surface area contributed by atoms with Crippen molar-refractivity contribution in [1.29, 1.82) is 0 Å². The van der Waals surface area contributed by atoms with Crippen LogP contribution >= 0.6 is 0 Å². The summed E-state index contributed by atoms with van der Waals surface area (Å²) < 4.78 is 29.4. The zero-order valence-electron chi connectivity index (χ0n) is 15.9. The van der Waals surface area contributed by atoms with Crippen molar-refractivity contribution in [2.75, 3.05) is 5.32 Å². The number of fused-ring (bicyclic) bond motifs is 2. The van der Waals surface area contributed by atoms with Crippen molar-refractivity contribution in [3.8, 4) is 11.5 Å². The lowest BCUT2D eigenvalue weighted by Crippen LogP contribution is -2.27. The standard InChI is InChI=1S/C19H14F2N8O/c1-19(2)14-16(25-18(19)30)24-15(27-26-14)13-10-6-9(20)7-23-17(10)29(28-13)8-12-11(21)4-3-5-22-12/h3-7H,8H2,1-2H3,(H,24,25,27,30). The van der Waals surface area contributed by atoms with Crippen LogP contribution in [-0.2, 0) is 16.8 Å². The highest BCUT2D eigenvalue weighted by atomic mass is 19.1. The van der Waals surface area contributed by atoms with E-state index in [1.54, 1.807) is 13.8 Å². The minimum absolute atomic E-state index is 0.0239. The molecule has 1 aliphatic heterocycles. The molecule has 9 nitrogen and oxygen atoms in total. The van der Waals surface area contributed by atoms with Gasteiger partial charge in [-0.25, -0.2) is 23.4 Å². The maximum atomic E-state index is 14.1. The third-order valence-corrected chi connectivity index (χ3v) is 4.98. The third-order valence-electron chi connectivity index (χ3n) is 4.98. The Kier molecular flexibility index (Phi) is 3.82. The number of hydrogen-bond donors (Lipinski definition) is 1. The Hall–Kier alpha value is -3.89. The van der Waals surface area contributed by atoms with Crippen LogP contribution in [-0.4, -0.2) is 40.8 Å². The van der Waals surface area contributed by atoms with E-state index in [1.807, 2.05) is 0 Å². The quantitative estimate of drug-likeness (QED) is 0.553. The monoisotopic (exact) mass is 408 g/mol. The first-order valence-electron chi connectivity index (χ1n) is 9.03. The van der Waals surface area contributed by atoms with E-state index in [2.05, 4.69) is 35.6 Å². The minimum Gasteiger partial charge on any atom is -0.308 e. The number of carbonyl (C=O) groups excluding carboxylic acids is 1. The number of hydrogen-bond acceptors (Lipinski definition) is 7. The van der Waals surface area contributed by atoms with Crippen LogP contribution in [0.15, 0.2) is 30.6 Å². The summed E-state index contributed by atoms with van der Waals surface area (Å²) in [7, 11) is 0. The fourth-order valence-electron chi connectivity index (χ4n) is 3.29.